The van der Waals surface area contributed by atoms with E-state index in [2.05, 4.69) is 10.6 Å². The molecular formula is C18H20ClFN2O. The summed E-state index contributed by atoms with van der Waals surface area (Å²) in [6.45, 7) is 1.78. The first kappa shape index (κ1) is 17.4. The van der Waals surface area contributed by atoms with Crippen LogP contribution >= 0.6 is 11.6 Å². The van der Waals surface area contributed by atoms with E-state index >= 15 is 0 Å². The van der Waals surface area contributed by atoms with Gasteiger partial charge in [0.1, 0.15) is 5.82 Å². The van der Waals surface area contributed by atoms with E-state index in [1.807, 2.05) is 24.3 Å². The number of rotatable bonds is 8. The predicted octanol–water partition coefficient (Wildman–Crippen LogP) is 3.32. The van der Waals surface area contributed by atoms with Gasteiger partial charge in [0, 0.05) is 31.1 Å². The molecule has 0 aliphatic rings. The summed E-state index contributed by atoms with van der Waals surface area (Å²) < 4.78 is 12.8. The molecule has 2 N–H and O–H groups in total. The molecule has 0 atom stereocenters. The molecule has 0 radical (unpaired) electrons. The second-order valence-corrected chi connectivity index (χ2v) is 5.65. The molecule has 0 aromatic heterocycles. The maximum absolute atomic E-state index is 12.8. The fourth-order valence-electron chi connectivity index (χ4n) is 2.15. The molecule has 0 aliphatic heterocycles. The van der Waals surface area contributed by atoms with Crippen molar-refractivity contribution in [3.8, 4) is 0 Å². The van der Waals surface area contributed by atoms with Gasteiger partial charge in [-0.1, -0.05) is 41.9 Å². The SMILES string of the molecule is O=C(CCNCc1ccccc1Cl)NCCc1ccc(F)cc1. The molecule has 3 nitrogen and oxygen atoms in total. The Kier molecular flexibility index (Phi) is 7.04. The number of carbonyl (C=O) groups is 1. The average molecular weight is 335 g/mol. The van der Waals surface area contributed by atoms with E-state index in [1.54, 1.807) is 12.1 Å². The Morgan fingerprint density at radius 2 is 1.78 bits per heavy atom. The number of hydrogen-bond acceptors (Lipinski definition) is 2. The van der Waals surface area contributed by atoms with Gasteiger partial charge in [-0.2, -0.15) is 0 Å². The summed E-state index contributed by atoms with van der Waals surface area (Å²) >= 11 is 6.06. The van der Waals surface area contributed by atoms with Crippen LogP contribution in [0, 0.1) is 5.82 Å². The monoisotopic (exact) mass is 334 g/mol. The van der Waals surface area contributed by atoms with Crippen LogP contribution in [-0.2, 0) is 17.8 Å². The number of carbonyl (C=O) groups excluding carboxylic acids is 1. The van der Waals surface area contributed by atoms with E-state index in [9.17, 15) is 9.18 Å². The molecule has 0 bridgehead atoms. The zero-order valence-corrected chi connectivity index (χ0v) is 13.6. The maximum Gasteiger partial charge on any atom is 0.221 e. The zero-order valence-electron chi connectivity index (χ0n) is 12.8. The number of hydrogen-bond donors (Lipinski definition) is 2. The van der Waals surface area contributed by atoms with Crippen molar-refractivity contribution in [1.29, 1.82) is 0 Å². The molecular weight excluding hydrogens is 315 g/mol. The first-order chi connectivity index (χ1) is 11.1. The third kappa shape index (κ3) is 6.38. The Balaban J connectivity index is 1.58. The molecule has 0 saturated carbocycles. The summed E-state index contributed by atoms with van der Waals surface area (Å²) in [7, 11) is 0. The normalized spacial score (nSPS) is 10.5. The van der Waals surface area contributed by atoms with E-state index < -0.39 is 0 Å². The minimum atomic E-state index is -0.248. The lowest BCUT2D eigenvalue weighted by Gasteiger charge is -2.08. The summed E-state index contributed by atoms with van der Waals surface area (Å²) in [5.41, 5.74) is 2.02. The topological polar surface area (TPSA) is 41.1 Å². The summed E-state index contributed by atoms with van der Waals surface area (Å²) in [6, 6.07) is 13.9. The first-order valence-electron chi connectivity index (χ1n) is 7.60. The van der Waals surface area contributed by atoms with Crippen LogP contribution in [0.2, 0.25) is 5.02 Å². The quantitative estimate of drug-likeness (QED) is 0.727. The van der Waals surface area contributed by atoms with Crippen LogP contribution in [0.25, 0.3) is 0 Å². The molecule has 0 unspecified atom stereocenters. The predicted molar refractivity (Wildman–Crippen MR) is 90.9 cm³/mol. The second-order valence-electron chi connectivity index (χ2n) is 5.24. The van der Waals surface area contributed by atoms with Crippen molar-refractivity contribution in [2.75, 3.05) is 13.1 Å². The lowest BCUT2D eigenvalue weighted by Crippen LogP contribution is -2.29. The standard InChI is InChI=1S/C18H20ClFN2O/c19-17-4-2-1-3-15(17)13-21-11-10-18(23)22-12-9-14-5-7-16(20)8-6-14/h1-8,21H,9-13H2,(H,22,23). The number of nitrogens with one attached hydrogen (secondary N) is 2. The summed E-state index contributed by atoms with van der Waals surface area (Å²) in [6.07, 6.45) is 1.10. The van der Waals surface area contributed by atoms with Gasteiger partial charge in [-0.15, -0.1) is 0 Å². The molecule has 2 aromatic rings. The highest BCUT2D eigenvalue weighted by Crippen LogP contribution is 2.14. The summed E-state index contributed by atoms with van der Waals surface area (Å²) in [5.74, 6) is -0.249. The van der Waals surface area contributed by atoms with Crippen molar-refractivity contribution in [1.82, 2.24) is 10.6 Å². The number of halogens is 2. The van der Waals surface area contributed by atoms with E-state index in [4.69, 9.17) is 11.6 Å². The minimum Gasteiger partial charge on any atom is -0.356 e. The number of amides is 1. The third-order valence-electron chi connectivity index (χ3n) is 3.45. The van der Waals surface area contributed by atoms with Gasteiger partial charge < -0.3 is 10.6 Å². The Hall–Kier alpha value is -1.91. The van der Waals surface area contributed by atoms with Gasteiger partial charge in [-0.25, -0.2) is 4.39 Å². The van der Waals surface area contributed by atoms with Crippen LogP contribution in [0.3, 0.4) is 0 Å². The van der Waals surface area contributed by atoms with Crippen molar-refractivity contribution < 1.29 is 9.18 Å². The molecule has 122 valence electrons. The lowest BCUT2D eigenvalue weighted by molar-refractivity contribution is -0.120. The number of benzene rings is 2. The van der Waals surface area contributed by atoms with Gasteiger partial charge in [0.2, 0.25) is 5.91 Å². The molecule has 0 aliphatic carbocycles. The molecule has 0 heterocycles. The van der Waals surface area contributed by atoms with E-state index in [0.717, 1.165) is 16.1 Å². The fourth-order valence-corrected chi connectivity index (χ4v) is 2.36. The second kappa shape index (κ2) is 9.28. The molecule has 5 heteroatoms. The van der Waals surface area contributed by atoms with Gasteiger partial charge in [-0.3, -0.25) is 4.79 Å². The third-order valence-corrected chi connectivity index (χ3v) is 3.82. The Morgan fingerprint density at radius 1 is 1.04 bits per heavy atom. The van der Waals surface area contributed by atoms with Crippen LogP contribution in [0.4, 0.5) is 4.39 Å². The average Bonchev–Trinajstić information content (AvgIpc) is 2.55. The van der Waals surface area contributed by atoms with Crippen molar-refractivity contribution in [3.63, 3.8) is 0 Å². The fraction of sp³-hybridized carbons (Fsp3) is 0.278. The molecule has 0 fully saturated rings. The van der Waals surface area contributed by atoms with Crippen LogP contribution in [0.15, 0.2) is 48.5 Å². The Morgan fingerprint density at radius 3 is 2.52 bits per heavy atom. The maximum atomic E-state index is 12.8. The first-order valence-corrected chi connectivity index (χ1v) is 7.98. The van der Waals surface area contributed by atoms with Crippen LogP contribution in [0.5, 0.6) is 0 Å². The van der Waals surface area contributed by atoms with Crippen LogP contribution < -0.4 is 10.6 Å². The highest BCUT2D eigenvalue weighted by Gasteiger charge is 2.02. The van der Waals surface area contributed by atoms with Gasteiger partial charge in [0.15, 0.2) is 0 Å². The van der Waals surface area contributed by atoms with Crippen molar-refractivity contribution in [3.05, 3.63) is 70.5 Å². The van der Waals surface area contributed by atoms with Gasteiger partial charge in [-0.05, 0) is 35.7 Å². The van der Waals surface area contributed by atoms with E-state index in [1.165, 1.54) is 12.1 Å². The highest BCUT2D eigenvalue weighted by molar-refractivity contribution is 6.31. The van der Waals surface area contributed by atoms with Crippen molar-refractivity contribution >= 4 is 17.5 Å². The Bertz CT molecular complexity index is 631. The van der Waals surface area contributed by atoms with Crippen molar-refractivity contribution in [2.24, 2.45) is 0 Å². The van der Waals surface area contributed by atoms with Gasteiger partial charge in [0.25, 0.3) is 0 Å². The van der Waals surface area contributed by atoms with Crippen molar-refractivity contribution in [2.45, 2.75) is 19.4 Å². The smallest absolute Gasteiger partial charge is 0.221 e. The van der Waals surface area contributed by atoms with E-state index in [0.29, 0.717) is 32.5 Å². The largest absolute Gasteiger partial charge is 0.356 e. The van der Waals surface area contributed by atoms with Gasteiger partial charge in [0.05, 0.1) is 0 Å². The molecule has 23 heavy (non-hydrogen) atoms. The summed E-state index contributed by atoms with van der Waals surface area (Å²) in [4.78, 5) is 11.7. The molecule has 1 amide bonds. The molecule has 0 saturated heterocycles. The molecule has 2 rings (SSSR count). The molecule has 0 spiro atoms. The molecule has 2 aromatic carbocycles. The zero-order chi connectivity index (χ0) is 16.5. The highest BCUT2D eigenvalue weighted by atomic mass is 35.5. The van der Waals surface area contributed by atoms with Crippen LogP contribution in [0.1, 0.15) is 17.5 Å². The van der Waals surface area contributed by atoms with Gasteiger partial charge >= 0.3 is 0 Å². The van der Waals surface area contributed by atoms with E-state index in [-0.39, 0.29) is 11.7 Å². The summed E-state index contributed by atoms with van der Waals surface area (Å²) in [5, 5.41) is 6.78. The Labute approximate surface area is 140 Å². The lowest BCUT2D eigenvalue weighted by atomic mass is 10.1. The van der Waals surface area contributed by atoms with Crippen LogP contribution in [-0.4, -0.2) is 19.0 Å². The minimum absolute atomic E-state index is 0.00114.